The molecule has 1 aliphatic rings. The SMILES string of the molecule is N#CC(NCCC1=CCCCC1)c1cccc(Cl)c1. The molecule has 0 amide bonds. The van der Waals surface area contributed by atoms with Gasteiger partial charge >= 0.3 is 0 Å². The number of nitriles is 1. The van der Waals surface area contributed by atoms with Gasteiger partial charge in [-0.05, 0) is 49.8 Å². The Balaban J connectivity index is 1.86. The second kappa shape index (κ2) is 7.33. The lowest BCUT2D eigenvalue weighted by molar-refractivity contribution is 0.602. The number of benzene rings is 1. The van der Waals surface area contributed by atoms with Gasteiger partial charge in [0.1, 0.15) is 6.04 Å². The molecule has 100 valence electrons. The summed E-state index contributed by atoms with van der Waals surface area (Å²) in [6, 6.07) is 9.51. The topological polar surface area (TPSA) is 35.8 Å². The van der Waals surface area contributed by atoms with Gasteiger partial charge in [-0.3, -0.25) is 5.32 Å². The minimum atomic E-state index is -0.275. The van der Waals surface area contributed by atoms with Crippen LogP contribution < -0.4 is 5.32 Å². The summed E-state index contributed by atoms with van der Waals surface area (Å²) >= 11 is 5.96. The maximum Gasteiger partial charge on any atom is 0.121 e. The zero-order valence-electron chi connectivity index (χ0n) is 11.0. The average Bonchev–Trinajstić information content (AvgIpc) is 2.45. The van der Waals surface area contributed by atoms with Crippen LogP contribution >= 0.6 is 11.6 Å². The Kier molecular flexibility index (Phi) is 5.44. The Morgan fingerprint density at radius 2 is 2.26 bits per heavy atom. The van der Waals surface area contributed by atoms with Crippen molar-refractivity contribution < 1.29 is 0 Å². The van der Waals surface area contributed by atoms with Crippen LogP contribution in [-0.2, 0) is 0 Å². The molecule has 1 atom stereocenters. The molecule has 0 bridgehead atoms. The molecule has 1 aromatic rings. The van der Waals surface area contributed by atoms with Crippen LogP contribution in [0.2, 0.25) is 5.02 Å². The number of hydrogen-bond acceptors (Lipinski definition) is 2. The van der Waals surface area contributed by atoms with Crippen LogP contribution in [0.3, 0.4) is 0 Å². The molecule has 0 saturated heterocycles. The smallest absolute Gasteiger partial charge is 0.121 e. The zero-order valence-corrected chi connectivity index (χ0v) is 11.8. The van der Waals surface area contributed by atoms with E-state index in [2.05, 4.69) is 17.5 Å². The second-order valence-corrected chi connectivity index (χ2v) is 5.37. The number of rotatable bonds is 5. The second-order valence-electron chi connectivity index (χ2n) is 4.93. The molecule has 0 fully saturated rings. The fourth-order valence-electron chi connectivity index (χ4n) is 2.43. The van der Waals surface area contributed by atoms with E-state index < -0.39 is 0 Å². The predicted octanol–water partition coefficient (Wildman–Crippen LogP) is 4.38. The zero-order chi connectivity index (χ0) is 13.5. The Morgan fingerprint density at radius 3 is 2.95 bits per heavy atom. The number of nitrogens with zero attached hydrogens (tertiary/aromatic N) is 1. The van der Waals surface area contributed by atoms with Crippen LogP contribution in [0.25, 0.3) is 0 Å². The van der Waals surface area contributed by atoms with E-state index in [0.29, 0.717) is 5.02 Å². The molecular weight excluding hydrogens is 256 g/mol. The van der Waals surface area contributed by atoms with Gasteiger partial charge in [0, 0.05) is 11.6 Å². The molecular formula is C16H19ClN2. The summed E-state index contributed by atoms with van der Waals surface area (Å²) < 4.78 is 0. The number of hydrogen-bond donors (Lipinski definition) is 1. The van der Waals surface area contributed by atoms with E-state index in [-0.39, 0.29) is 6.04 Å². The first-order chi connectivity index (χ1) is 9.29. The van der Waals surface area contributed by atoms with Crippen molar-refractivity contribution in [3.05, 3.63) is 46.5 Å². The molecule has 1 aliphatic carbocycles. The summed E-state index contributed by atoms with van der Waals surface area (Å²) in [7, 11) is 0. The van der Waals surface area contributed by atoms with Crippen LogP contribution in [-0.4, -0.2) is 6.54 Å². The highest BCUT2D eigenvalue weighted by atomic mass is 35.5. The molecule has 2 rings (SSSR count). The number of nitrogens with one attached hydrogen (secondary N) is 1. The standard InChI is InChI=1S/C16H19ClN2/c17-15-8-4-7-14(11-15)16(12-18)19-10-9-13-5-2-1-3-6-13/h4-5,7-8,11,16,19H,1-3,6,9-10H2. The normalized spacial score (nSPS) is 16.5. The van der Waals surface area contributed by atoms with Crippen molar-refractivity contribution in [3.8, 4) is 6.07 Å². The summed E-state index contributed by atoms with van der Waals surface area (Å²) in [4.78, 5) is 0. The third-order valence-electron chi connectivity index (χ3n) is 3.49. The lowest BCUT2D eigenvalue weighted by Gasteiger charge is -2.15. The van der Waals surface area contributed by atoms with Crippen LogP contribution in [0.4, 0.5) is 0 Å². The van der Waals surface area contributed by atoms with E-state index in [1.165, 1.54) is 31.3 Å². The molecule has 0 heterocycles. The van der Waals surface area contributed by atoms with Gasteiger partial charge in [-0.25, -0.2) is 0 Å². The monoisotopic (exact) mass is 274 g/mol. The van der Waals surface area contributed by atoms with E-state index in [0.717, 1.165) is 18.5 Å². The van der Waals surface area contributed by atoms with Crippen LogP contribution in [0, 0.1) is 11.3 Å². The maximum absolute atomic E-state index is 9.24. The minimum Gasteiger partial charge on any atom is -0.298 e. The van der Waals surface area contributed by atoms with E-state index in [1.54, 1.807) is 0 Å². The Morgan fingerprint density at radius 1 is 1.37 bits per heavy atom. The maximum atomic E-state index is 9.24. The van der Waals surface area contributed by atoms with Gasteiger partial charge in [0.2, 0.25) is 0 Å². The predicted molar refractivity (Wildman–Crippen MR) is 79.0 cm³/mol. The van der Waals surface area contributed by atoms with Crippen LogP contribution in [0.1, 0.15) is 43.7 Å². The fourth-order valence-corrected chi connectivity index (χ4v) is 2.63. The van der Waals surface area contributed by atoms with Crippen LogP contribution in [0.15, 0.2) is 35.9 Å². The quantitative estimate of drug-likeness (QED) is 0.809. The summed E-state index contributed by atoms with van der Waals surface area (Å²) in [6.45, 7) is 0.844. The van der Waals surface area contributed by atoms with Gasteiger partial charge in [-0.1, -0.05) is 35.4 Å². The summed E-state index contributed by atoms with van der Waals surface area (Å²) in [5.74, 6) is 0. The van der Waals surface area contributed by atoms with E-state index >= 15 is 0 Å². The van der Waals surface area contributed by atoms with Crippen molar-refractivity contribution in [1.29, 1.82) is 5.26 Å². The van der Waals surface area contributed by atoms with Crippen molar-refractivity contribution >= 4 is 11.6 Å². The first-order valence-corrected chi connectivity index (χ1v) is 7.24. The Hall–Kier alpha value is -1.30. The van der Waals surface area contributed by atoms with Gasteiger partial charge in [-0.15, -0.1) is 0 Å². The fraction of sp³-hybridized carbons (Fsp3) is 0.438. The average molecular weight is 275 g/mol. The molecule has 1 unspecified atom stereocenters. The largest absolute Gasteiger partial charge is 0.298 e. The van der Waals surface area contributed by atoms with Gasteiger partial charge in [0.25, 0.3) is 0 Å². The lowest BCUT2D eigenvalue weighted by atomic mass is 9.97. The van der Waals surface area contributed by atoms with E-state index in [1.807, 2.05) is 24.3 Å². The molecule has 1 aromatic carbocycles. The minimum absolute atomic E-state index is 0.275. The van der Waals surface area contributed by atoms with E-state index in [9.17, 15) is 5.26 Å². The van der Waals surface area contributed by atoms with Crippen molar-refractivity contribution in [2.75, 3.05) is 6.54 Å². The molecule has 3 heteroatoms. The molecule has 0 aliphatic heterocycles. The first-order valence-electron chi connectivity index (χ1n) is 6.86. The number of allylic oxidation sites excluding steroid dienone is 1. The Bertz CT molecular complexity index is 488. The third-order valence-corrected chi connectivity index (χ3v) is 3.73. The van der Waals surface area contributed by atoms with Crippen LogP contribution in [0.5, 0.6) is 0 Å². The van der Waals surface area contributed by atoms with Crippen molar-refractivity contribution in [2.45, 2.75) is 38.1 Å². The lowest BCUT2D eigenvalue weighted by Crippen LogP contribution is -2.21. The highest BCUT2D eigenvalue weighted by Crippen LogP contribution is 2.21. The Labute approximate surface area is 120 Å². The van der Waals surface area contributed by atoms with Gasteiger partial charge in [0.15, 0.2) is 0 Å². The molecule has 0 radical (unpaired) electrons. The number of halogens is 1. The van der Waals surface area contributed by atoms with Gasteiger partial charge in [0.05, 0.1) is 6.07 Å². The van der Waals surface area contributed by atoms with Gasteiger partial charge < -0.3 is 0 Å². The van der Waals surface area contributed by atoms with Crippen molar-refractivity contribution in [2.24, 2.45) is 0 Å². The molecule has 19 heavy (non-hydrogen) atoms. The molecule has 0 spiro atoms. The van der Waals surface area contributed by atoms with Crippen molar-refractivity contribution in [1.82, 2.24) is 5.32 Å². The molecule has 0 saturated carbocycles. The van der Waals surface area contributed by atoms with E-state index in [4.69, 9.17) is 11.6 Å². The molecule has 0 aromatic heterocycles. The van der Waals surface area contributed by atoms with Crippen molar-refractivity contribution in [3.63, 3.8) is 0 Å². The molecule has 1 N–H and O–H groups in total. The summed E-state index contributed by atoms with van der Waals surface area (Å²) in [6.07, 6.45) is 8.45. The summed E-state index contributed by atoms with van der Waals surface area (Å²) in [5.41, 5.74) is 2.47. The first kappa shape index (κ1) is 14.1. The highest BCUT2D eigenvalue weighted by molar-refractivity contribution is 6.30. The van der Waals surface area contributed by atoms with Gasteiger partial charge in [-0.2, -0.15) is 5.26 Å². The highest BCUT2D eigenvalue weighted by Gasteiger charge is 2.10. The molecule has 2 nitrogen and oxygen atoms in total. The summed E-state index contributed by atoms with van der Waals surface area (Å²) in [5, 5.41) is 13.2. The third kappa shape index (κ3) is 4.38.